The summed E-state index contributed by atoms with van der Waals surface area (Å²) in [7, 11) is 0. The Labute approximate surface area is 108 Å². The average Bonchev–Trinajstić information content (AvgIpc) is 2.31. The highest BCUT2D eigenvalue weighted by Gasteiger charge is 2.04. The molecule has 0 atom stereocenters. The molecule has 94 valence electrons. The summed E-state index contributed by atoms with van der Waals surface area (Å²) in [6.45, 7) is 5.03. The fourth-order valence-electron chi connectivity index (χ4n) is 1.43. The number of anilines is 1. The Kier molecular flexibility index (Phi) is 5.84. The molecule has 1 aromatic rings. The molecule has 0 aromatic heterocycles. The van der Waals surface area contributed by atoms with Gasteiger partial charge < -0.3 is 10.6 Å². The van der Waals surface area contributed by atoms with Crippen molar-refractivity contribution in [3.8, 4) is 0 Å². The first-order chi connectivity index (χ1) is 8.15. The normalized spacial score (nSPS) is 10.1. The summed E-state index contributed by atoms with van der Waals surface area (Å²) in [5.74, 6) is -0.00368. The minimum atomic E-state index is -0.00368. The summed E-state index contributed by atoms with van der Waals surface area (Å²) in [5.41, 5.74) is 1.81. The van der Waals surface area contributed by atoms with Gasteiger partial charge in [-0.15, -0.1) is 0 Å². The number of aryl methyl sites for hydroxylation is 1. The molecule has 0 unspecified atom stereocenters. The van der Waals surface area contributed by atoms with Crippen LogP contribution < -0.4 is 10.6 Å². The largest absolute Gasteiger partial charge is 0.375 e. The van der Waals surface area contributed by atoms with Crippen molar-refractivity contribution >= 4 is 23.2 Å². The molecule has 4 heteroatoms. The lowest BCUT2D eigenvalue weighted by Crippen LogP contribution is -2.30. The van der Waals surface area contributed by atoms with Crippen LogP contribution in [0.1, 0.15) is 25.3 Å². The molecule has 0 aliphatic heterocycles. The zero-order valence-corrected chi connectivity index (χ0v) is 11.1. The highest BCUT2D eigenvalue weighted by Crippen LogP contribution is 2.24. The molecule has 1 rings (SSSR count). The maximum atomic E-state index is 11.5. The Bertz CT molecular complexity index is 380. The van der Waals surface area contributed by atoms with Crippen LogP contribution in [0, 0.1) is 6.92 Å². The molecule has 0 saturated heterocycles. The Morgan fingerprint density at radius 2 is 2.18 bits per heavy atom. The number of rotatable bonds is 6. The van der Waals surface area contributed by atoms with Crippen molar-refractivity contribution in [2.45, 2.75) is 26.7 Å². The van der Waals surface area contributed by atoms with Crippen LogP contribution in [0.2, 0.25) is 5.02 Å². The summed E-state index contributed by atoms with van der Waals surface area (Å²) in [6, 6.07) is 5.72. The van der Waals surface area contributed by atoms with Crippen molar-refractivity contribution < 1.29 is 4.79 Å². The van der Waals surface area contributed by atoms with Crippen LogP contribution in [0.5, 0.6) is 0 Å². The summed E-state index contributed by atoms with van der Waals surface area (Å²) >= 11 is 6.11. The second-order valence-corrected chi connectivity index (χ2v) is 4.37. The van der Waals surface area contributed by atoms with Crippen molar-refractivity contribution in [1.29, 1.82) is 0 Å². The molecule has 0 radical (unpaired) electrons. The average molecular weight is 255 g/mol. The summed E-state index contributed by atoms with van der Waals surface area (Å²) in [4.78, 5) is 11.5. The number of carbonyl (C=O) groups is 1. The highest BCUT2D eigenvalue weighted by atomic mass is 35.5. The van der Waals surface area contributed by atoms with E-state index in [-0.39, 0.29) is 12.5 Å². The zero-order chi connectivity index (χ0) is 12.7. The number of carbonyl (C=O) groups excluding carboxylic acids is 1. The Morgan fingerprint density at radius 1 is 1.41 bits per heavy atom. The quantitative estimate of drug-likeness (QED) is 0.767. The van der Waals surface area contributed by atoms with E-state index in [2.05, 4.69) is 17.6 Å². The van der Waals surface area contributed by atoms with E-state index in [1.165, 1.54) is 0 Å². The minimum Gasteiger partial charge on any atom is -0.375 e. The van der Waals surface area contributed by atoms with Crippen LogP contribution in [0.4, 0.5) is 5.69 Å². The van der Waals surface area contributed by atoms with Crippen molar-refractivity contribution in [3.05, 3.63) is 28.8 Å². The highest BCUT2D eigenvalue weighted by molar-refractivity contribution is 6.34. The molecule has 1 aromatic carbocycles. The molecular formula is C13H19ClN2O. The second kappa shape index (κ2) is 7.17. The van der Waals surface area contributed by atoms with E-state index < -0.39 is 0 Å². The van der Waals surface area contributed by atoms with Crippen molar-refractivity contribution in [3.63, 3.8) is 0 Å². The number of nitrogens with one attached hydrogen (secondary N) is 2. The number of hydrogen-bond donors (Lipinski definition) is 2. The molecule has 17 heavy (non-hydrogen) atoms. The van der Waals surface area contributed by atoms with Gasteiger partial charge in [0.2, 0.25) is 5.91 Å². The van der Waals surface area contributed by atoms with Crippen molar-refractivity contribution in [2.75, 3.05) is 18.4 Å². The molecule has 2 N–H and O–H groups in total. The molecular weight excluding hydrogens is 236 g/mol. The number of unbranched alkanes of at least 4 members (excludes halogenated alkanes) is 1. The number of benzene rings is 1. The second-order valence-electron chi connectivity index (χ2n) is 3.99. The third-order valence-corrected chi connectivity index (χ3v) is 2.99. The van der Waals surface area contributed by atoms with Gasteiger partial charge in [0.05, 0.1) is 17.3 Å². The number of halogens is 1. The van der Waals surface area contributed by atoms with E-state index in [1.54, 1.807) is 0 Å². The topological polar surface area (TPSA) is 41.1 Å². The van der Waals surface area contributed by atoms with E-state index in [4.69, 9.17) is 11.6 Å². The fourth-order valence-corrected chi connectivity index (χ4v) is 1.62. The SMILES string of the molecule is CCCCNC(=O)CNc1cccc(C)c1Cl. The summed E-state index contributed by atoms with van der Waals surface area (Å²) in [6.07, 6.45) is 2.09. The maximum absolute atomic E-state index is 11.5. The third kappa shape index (κ3) is 4.65. The lowest BCUT2D eigenvalue weighted by atomic mass is 10.2. The molecule has 0 bridgehead atoms. The molecule has 0 saturated carbocycles. The minimum absolute atomic E-state index is 0.00368. The predicted molar refractivity (Wildman–Crippen MR) is 72.6 cm³/mol. The molecule has 0 fully saturated rings. The van der Waals surface area contributed by atoms with Crippen LogP contribution in [0.3, 0.4) is 0 Å². The van der Waals surface area contributed by atoms with Crippen LogP contribution in [0.25, 0.3) is 0 Å². The Morgan fingerprint density at radius 3 is 2.88 bits per heavy atom. The summed E-state index contributed by atoms with van der Waals surface area (Å²) in [5, 5.41) is 6.55. The van der Waals surface area contributed by atoms with Gasteiger partial charge in [-0.3, -0.25) is 4.79 Å². The predicted octanol–water partition coefficient (Wildman–Crippen LogP) is 2.98. The monoisotopic (exact) mass is 254 g/mol. The van der Waals surface area contributed by atoms with Gasteiger partial charge in [0.1, 0.15) is 0 Å². The summed E-state index contributed by atoms with van der Waals surface area (Å²) < 4.78 is 0. The standard InChI is InChI=1S/C13H19ClN2O/c1-3-4-8-15-12(17)9-16-11-7-5-6-10(2)13(11)14/h5-7,16H,3-4,8-9H2,1-2H3,(H,15,17). The Hall–Kier alpha value is -1.22. The first kappa shape index (κ1) is 13.8. The number of hydrogen-bond acceptors (Lipinski definition) is 2. The maximum Gasteiger partial charge on any atom is 0.239 e. The van der Waals surface area contributed by atoms with Crippen molar-refractivity contribution in [1.82, 2.24) is 5.32 Å². The van der Waals surface area contributed by atoms with E-state index in [9.17, 15) is 4.79 Å². The van der Waals surface area contributed by atoms with E-state index in [1.807, 2.05) is 25.1 Å². The van der Waals surface area contributed by atoms with Gasteiger partial charge in [-0.2, -0.15) is 0 Å². The first-order valence-electron chi connectivity index (χ1n) is 5.90. The smallest absolute Gasteiger partial charge is 0.239 e. The van der Waals surface area contributed by atoms with Crippen LogP contribution in [0.15, 0.2) is 18.2 Å². The van der Waals surface area contributed by atoms with Crippen LogP contribution >= 0.6 is 11.6 Å². The fraction of sp³-hybridized carbons (Fsp3) is 0.462. The lowest BCUT2D eigenvalue weighted by molar-refractivity contribution is -0.119. The third-order valence-electron chi connectivity index (χ3n) is 2.48. The van der Waals surface area contributed by atoms with Crippen LogP contribution in [-0.2, 0) is 4.79 Å². The van der Waals surface area contributed by atoms with Gasteiger partial charge >= 0.3 is 0 Å². The lowest BCUT2D eigenvalue weighted by Gasteiger charge is -2.10. The van der Waals surface area contributed by atoms with Gasteiger partial charge in [0, 0.05) is 6.54 Å². The molecule has 3 nitrogen and oxygen atoms in total. The molecule has 0 aliphatic rings. The molecule has 0 spiro atoms. The molecule has 0 aliphatic carbocycles. The van der Waals surface area contributed by atoms with Crippen molar-refractivity contribution in [2.24, 2.45) is 0 Å². The molecule has 0 heterocycles. The molecule has 1 amide bonds. The van der Waals surface area contributed by atoms with Crippen LogP contribution in [-0.4, -0.2) is 19.0 Å². The van der Waals surface area contributed by atoms with Gasteiger partial charge in [0.25, 0.3) is 0 Å². The van der Waals surface area contributed by atoms with E-state index >= 15 is 0 Å². The first-order valence-corrected chi connectivity index (χ1v) is 6.28. The van der Waals surface area contributed by atoms with Gasteiger partial charge in [-0.1, -0.05) is 37.1 Å². The zero-order valence-electron chi connectivity index (χ0n) is 10.3. The van der Waals surface area contributed by atoms with Gasteiger partial charge in [-0.25, -0.2) is 0 Å². The Balaban J connectivity index is 2.39. The van der Waals surface area contributed by atoms with Gasteiger partial charge in [-0.05, 0) is 25.0 Å². The van der Waals surface area contributed by atoms with E-state index in [0.717, 1.165) is 30.6 Å². The number of amides is 1. The van der Waals surface area contributed by atoms with E-state index in [0.29, 0.717) is 5.02 Å². The van der Waals surface area contributed by atoms with Gasteiger partial charge in [0.15, 0.2) is 0 Å².